The summed E-state index contributed by atoms with van der Waals surface area (Å²) >= 11 is 0. The molecular weight excluding hydrogens is 364 g/mol. The summed E-state index contributed by atoms with van der Waals surface area (Å²) < 4.78 is 0. The van der Waals surface area contributed by atoms with Crippen LogP contribution in [0.4, 0.5) is 10.5 Å². The molecule has 0 aliphatic carbocycles. The maximum atomic E-state index is 12.3. The second-order valence-corrected chi connectivity index (χ2v) is 6.44. The number of hydrogen-bond donors (Lipinski definition) is 1. The van der Waals surface area contributed by atoms with Crippen LogP contribution in [0.1, 0.15) is 11.1 Å². The van der Waals surface area contributed by atoms with E-state index in [1.807, 2.05) is 32.0 Å². The van der Waals surface area contributed by atoms with Crippen LogP contribution >= 0.6 is 0 Å². The van der Waals surface area contributed by atoms with Gasteiger partial charge in [-0.15, -0.1) is 6.58 Å². The minimum Gasteiger partial charge on any atom is -0.335 e. The zero-order chi connectivity index (χ0) is 21.0. The highest BCUT2D eigenvalue weighted by Gasteiger charge is 2.44. The number of nitrogens with one attached hydrogen (secondary N) is 1. The number of aryl methyl sites for hydroxylation is 2. The van der Waals surface area contributed by atoms with Gasteiger partial charge in [0.15, 0.2) is 0 Å². The van der Waals surface area contributed by atoms with Crippen molar-refractivity contribution in [2.24, 2.45) is 0 Å². The predicted molar refractivity (Wildman–Crippen MR) is 101 cm³/mol. The third-order valence-electron chi connectivity index (χ3n) is 4.29. The summed E-state index contributed by atoms with van der Waals surface area (Å²) in [6.45, 7) is 6.11. The second-order valence-electron chi connectivity index (χ2n) is 6.44. The van der Waals surface area contributed by atoms with E-state index in [2.05, 4.69) is 11.9 Å². The van der Waals surface area contributed by atoms with Gasteiger partial charge in [-0.05, 0) is 25.0 Å². The molecule has 1 N–H and O–H groups in total. The van der Waals surface area contributed by atoms with Crippen molar-refractivity contribution in [1.29, 1.82) is 0 Å². The smallest absolute Gasteiger partial charge is 0.335 e. The third-order valence-corrected chi connectivity index (χ3v) is 4.29. The van der Waals surface area contributed by atoms with Crippen LogP contribution in [0, 0.1) is 13.8 Å². The van der Waals surface area contributed by atoms with Crippen LogP contribution < -0.4 is 5.32 Å². The molecule has 9 nitrogen and oxygen atoms in total. The van der Waals surface area contributed by atoms with Crippen LogP contribution in [-0.4, -0.2) is 71.0 Å². The van der Waals surface area contributed by atoms with Crippen molar-refractivity contribution in [1.82, 2.24) is 14.7 Å². The zero-order valence-electron chi connectivity index (χ0n) is 16.0. The molecule has 1 aromatic rings. The number of nitrogens with zero attached hydrogens (tertiary/aromatic N) is 3. The van der Waals surface area contributed by atoms with Gasteiger partial charge in [0, 0.05) is 19.3 Å². The Labute approximate surface area is 162 Å². The molecular formula is C19H22N4O5. The molecule has 0 saturated carbocycles. The number of para-hydroxylation sites is 1. The van der Waals surface area contributed by atoms with E-state index in [0.717, 1.165) is 16.0 Å². The Bertz CT molecular complexity index is 844. The van der Waals surface area contributed by atoms with Gasteiger partial charge in [0.1, 0.15) is 6.54 Å². The normalized spacial score (nSPS) is 13.8. The Kier molecular flexibility index (Phi) is 6.29. The van der Waals surface area contributed by atoms with Crippen LogP contribution in [0.5, 0.6) is 0 Å². The van der Waals surface area contributed by atoms with Gasteiger partial charge in [0.05, 0.1) is 6.54 Å². The number of carbonyl (C=O) groups is 5. The molecule has 1 aromatic carbocycles. The van der Waals surface area contributed by atoms with Crippen molar-refractivity contribution < 1.29 is 24.0 Å². The Balaban J connectivity index is 1.98. The largest absolute Gasteiger partial charge is 0.335 e. The van der Waals surface area contributed by atoms with Gasteiger partial charge < -0.3 is 10.2 Å². The van der Waals surface area contributed by atoms with Crippen LogP contribution in [0.25, 0.3) is 0 Å². The minimum absolute atomic E-state index is 0.123. The van der Waals surface area contributed by atoms with E-state index in [1.54, 1.807) is 0 Å². The van der Waals surface area contributed by atoms with E-state index in [4.69, 9.17) is 0 Å². The molecule has 0 unspecified atom stereocenters. The zero-order valence-corrected chi connectivity index (χ0v) is 16.0. The van der Waals surface area contributed by atoms with E-state index in [-0.39, 0.29) is 13.1 Å². The summed E-state index contributed by atoms with van der Waals surface area (Å²) in [6, 6.07) is 4.70. The van der Waals surface area contributed by atoms with Gasteiger partial charge in [-0.3, -0.25) is 24.1 Å². The summed E-state index contributed by atoms with van der Waals surface area (Å²) in [5, 5.41) is 2.75. The predicted octanol–water partition coefficient (Wildman–Crippen LogP) is 0.677. The number of hydrogen-bond acceptors (Lipinski definition) is 5. The molecule has 0 atom stereocenters. The lowest BCUT2D eigenvalue weighted by molar-refractivity contribution is -0.144. The number of benzene rings is 1. The molecule has 2 rings (SSSR count). The quantitative estimate of drug-likeness (QED) is 0.421. The van der Waals surface area contributed by atoms with E-state index < -0.39 is 36.2 Å². The van der Waals surface area contributed by atoms with Gasteiger partial charge in [-0.1, -0.05) is 24.3 Å². The Morgan fingerprint density at radius 3 is 2.25 bits per heavy atom. The van der Waals surface area contributed by atoms with Crippen molar-refractivity contribution in [3.8, 4) is 0 Å². The van der Waals surface area contributed by atoms with Crippen LogP contribution in [0.2, 0.25) is 0 Å². The summed E-state index contributed by atoms with van der Waals surface area (Å²) in [4.78, 5) is 62.8. The number of rotatable bonds is 7. The molecule has 9 heteroatoms. The van der Waals surface area contributed by atoms with Crippen molar-refractivity contribution in [3.63, 3.8) is 0 Å². The number of amides is 6. The number of carbonyl (C=O) groups excluding carboxylic acids is 5. The molecule has 1 aliphatic heterocycles. The van der Waals surface area contributed by atoms with Crippen LogP contribution in [0.3, 0.4) is 0 Å². The highest BCUT2D eigenvalue weighted by molar-refractivity contribution is 6.45. The number of anilines is 1. The van der Waals surface area contributed by atoms with Gasteiger partial charge in [-0.2, -0.15) is 0 Å². The average molecular weight is 386 g/mol. The fourth-order valence-electron chi connectivity index (χ4n) is 2.73. The minimum atomic E-state index is -1.08. The number of likely N-dealkylation sites (N-methyl/N-ethyl adjacent to an activating group) is 1. The first-order valence-corrected chi connectivity index (χ1v) is 8.55. The van der Waals surface area contributed by atoms with Gasteiger partial charge in [-0.25, -0.2) is 9.69 Å². The Hall–Kier alpha value is -3.49. The van der Waals surface area contributed by atoms with Crippen molar-refractivity contribution >= 4 is 35.3 Å². The molecule has 0 bridgehead atoms. The maximum Gasteiger partial charge on any atom is 0.335 e. The lowest BCUT2D eigenvalue weighted by Crippen LogP contribution is -2.44. The lowest BCUT2D eigenvalue weighted by Gasteiger charge is -2.20. The number of imide groups is 2. The van der Waals surface area contributed by atoms with Gasteiger partial charge in [0.25, 0.3) is 0 Å². The third kappa shape index (κ3) is 4.25. The molecule has 1 heterocycles. The van der Waals surface area contributed by atoms with Gasteiger partial charge in [0.2, 0.25) is 11.8 Å². The van der Waals surface area contributed by atoms with Crippen molar-refractivity contribution in [2.45, 2.75) is 13.8 Å². The lowest BCUT2D eigenvalue weighted by atomic mass is 10.1. The Morgan fingerprint density at radius 2 is 1.68 bits per heavy atom. The first-order chi connectivity index (χ1) is 13.2. The van der Waals surface area contributed by atoms with E-state index in [9.17, 15) is 24.0 Å². The summed E-state index contributed by atoms with van der Waals surface area (Å²) in [7, 11) is 1.38. The first kappa shape index (κ1) is 20.8. The molecule has 28 heavy (non-hydrogen) atoms. The summed E-state index contributed by atoms with van der Waals surface area (Å²) in [6.07, 6.45) is 1.30. The second kappa shape index (κ2) is 8.47. The molecule has 1 aliphatic rings. The first-order valence-electron chi connectivity index (χ1n) is 8.55. The standard InChI is InChI=1S/C19H22N4O5/c1-5-9-22-17(26)18(27)23(19(22)28)11-15(25)21(4)10-14(24)20-16-12(2)7-6-8-13(16)3/h5-8H,1,9-11H2,2-4H3,(H,20,24). The maximum absolute atomic E-state index is 12.3. The topological polar surface area (TPSA) is 107 Å². The average Bonchev–Trinajstić information content (AvgIpc) is 2.83. The van der Waals surface area contributed by atoms with Gasteiger partial charge >= 0.3 is 17.8 Å². The SMILES string of the molecule is C=CCN1C(=O)C(=O)N(CC(=O)N(C)CC(=O)Nc2c(C)cccc2C)C1=O. The highest BCUT2D eigenvalue weighted by atomic mass is 16.2. The molecule has 6 amide bonds. The fourth-order valence-corrected chi connectivity index (χ4v) is 2.73. The molecule has 0 aromatic heterocycles. The summed E-state index contributed by atoms with van der Waals surface area (Å²) in [5.74, 6) is -3.15. The van der Waals surface area contributed by atoms with Crippen molar-refractivity contribution in [2.75, 3.05) is 32.0 Å². The van der Waals surface area contributed by atoms with E-state index in [1.165, 1.54) is 13.1 Å². The molecule has 1 fully saturated rings. The molecule has 0 spiro atoms. The molecule has 0 radical (unpaired) electrons. The molecule has 1 saturated heterocycles. The van der Waals surface area contributed by atoms with Crippen LogP contribution in [-0.2, 0) is 19.2 Å². The fraction of sp³-hybridized carbons (Fsp3) is 0.316. The monoisotopic (exact) mass is 386 g/mol. The number of urea groups is 1. The Morgan fingerprint density at radius 1 is 1.11 bits per heavy atom. The highest BCUT2D eigenvalue weighted by Crippen LogP contribution is 2.19. The van der Waals surface area contributed by atoms with Crippen LogP contribution in [0.15, 0.2) is 30.9 Å². The van der Waals surface area contributed by atoms with E-state index in [0.29, 0.717) is 15.5 Å². The van der Waals surface area contributed by atoms with Crippen molar-refractivity contribution in [3.05, 3.63) is 42.0 Å². The van der Waals surface area contributed by atoms with E-state index >= 15 is 0 Å². The molecule has 148 valence electrons. The summed E-state index contributed by atoms with van der Waals surface area (Å²) in [5.41, 5.74) is 2.44.